The summed E-state index contributed by atoms with van der Waals surface area (Å²) in [4.78, 5) is 0. The van der Waals surface area contributed by atoms with E-state index in [0.29, 0.717) is 35.5 Å². The van der Waals surface area contributed by atoms with Gasteiger partial charge in [0.2, 0.25) is 0 Å². The van der Waals surface area contributed by atoms with Crippen LogP contribution < -0.4 is 4.74 Å². The number of rotatable bonds is 11. The fourth-order valence-electron chi connectivity index (χ4n) is 4.05. The van der Waals surface area contributed by atoms with E-state index in [-0.39, 0.29) is 0 Å². The van der Waals surface area contributed by atoms with Crippen LogP contribution in [0.1, 0.15) is 64.7 Å². The van der Waals surface area contributed by atoms with Crippen LogP contribution in [0.3, 0.4) is 0 Å². The molecule has 1 aliphatic rings. The molecule has 1 radical (unpaired) electrons. The summed E-state index contributed by atoms with van der Waals surface area (Å²) in [6.45, 7) is 3.76. The van der Waals surface area contributed by atoms with Crippen molar-refractivity contribution in [1.82, 2.24) is 0 Å². The zero-order chi connectivity index (χ0) is 21.2. The summed E-state index contributed by atoms with van der Waals surface area (Å²) in [5.41, 5.74) is 1.03. The fourth-order valence-corrected chi connectivity index (χ4v) is 4.05. The molecule has 0 atom stereocenters. The molecule has 0 heterocycles. The Kier molecular flexibility index (Phi) is 9.13. The molecule has 1 fully saturated rings. The Hall–Kier alpha value is -1.94. The highest BCUT2D eigenvalue weighted by atomic mass is 19.1. The summed E-state index contributed by atoms with van der Waals surface area (Å²) < 4.78 is 39.2. The number of benzene rings is 2. The smallest absolute Gasteiger partial charge is 0.133 e. The molecule has 4 heteroatoms. The molecule has 0 bridgehead atoms. The highest BCUT2D eigenvalue weighted by molar-refractivity contribution is 5.65. The average Bonchev–Trinajstić information content (AvgIpc) is 2.76. The Morgan fingerprint density at radius 3 is 2.53 bits per heavy atom. The van der Waals surface area contributed by atoms with Gasteiger partial charge in [-0.05, 0) is 67.9 Å². The first-order valence-electron chi connectivity index (χ1n) is 11.4. The topological polar surface area (TPSA) is 18.5 Å². The van der Waals surface area contributed by atoms with E-state index in [4.69, 9.17) is 9.47 Å². The SMILES string of the molecule is CCCCCCCO[C@H]1CC[C@H](COc2[c]ccc(-c3ccc(F)cc3F)c2)CC1. The molecular formula is C26H33F2O2. The second kappa shape index (κ2) is 12.0. The summed E-state index contributed by atoms with van der Waals surface area (Å²) in [7, 11) is 0. The first-order chi connectivity index (χ1) is 14.7. The molecule has 2 nitrogen and oxygen atoms in total. The van der Waals surface area contributed by atoms with Gasteiger partial charge < -0.3 is 9.47 Å². The van der Waals surface area contributed by atoms with Gasteiger partial charge in [-0.15, -0.1) is 0 Å². The van der Waals surface area contributed by atoms with E-state index < -0.39 is 11.6 Å². The molecule has 2 aromatic carbocycles. The maximum absolute atomic E-state index is 14.0. The van der Waals surface area contributed by atoms with Crippen molar-refractivity contribution in [3.05, 3.63) is 54.1 Å². The van der Waals surface area contributed by atoms with Gasteiger partial charge in [-0.1, -0.05) is 38.7 Å². The molecule has 3 rings (SSSR count). The van der Waals surface area contributed by atoms with Gasteiger partial charge in [0.25, 0.3) is 0 Å². The number of unbranched alkanes of at least 4 members (excludes halogenated alkanes) is 4. The van der Waals surface area contributed by atoms with Crippen molar-refractivity contribution in [1.29, 1.82) is 0 Å². The lowest BCUT2D eigenvalue weighted by atomic mass is 9.88. The Morgan fingerprint density at radius 1 is 0.967 bits per heavy atom. The third-order valence-electron chi connectivity index (χ3n) is 5.89. The van der Waals surface area contributed by atoms with E-state index in [2.05, 4.69) is 13.0 Å². The van der Waals surface area contributed by atoms with E-state index in [1.165, 1.54) is 44.2 Å². The van der Waals surface area contributed by atoms with E-state index in [0.717, 1.165) is 38.4 Å². The molecule has 2 aromatic rings. The van der Waals surface area contributed by atoms with Crippen molar-refractivity contribution in [2.75, 3.05) is 13.2 Å². The van der Waals surface area contributed by atoms with E-state index in [1.54, 1.807) is 18.2 Å². The van der Waals surface area contributed by atoms with Crippen molar-refractivity contribution in [3.63, 3.8) is 0 Å². The highest BCUT2D eigenvalue weighted by Crippen LogP contribution is 2.29. The molecule has 1 aliphatic carbocycles. The zero-order valence-electron chi connectivity index (χ0n) is 18.0. The summed E-state index contributed by atoms with van der Waals surface area (Å²) in [5.74, 6) is -0.0437. The Bertz CT molecular complexity index is 769. The average molecular weight is 416 g/mol. The largest absolute Gasteiger partial charge is 0.493 e. The van der Waals surface area contributed by atoms with Crippen LogP contribution in [0.15, 0.2) is 36.4 Å². The quantitative estimate of drug-likeness (QED) is 0.357. The lowest BCUT2D eigenvalue weighted by molar-refractivity contribution is 0.0110. The molecule has 30 heavy (non-hydrogen) atoms. The molecule has 0 aliphatic heterocycles. The first-order valence-corrected chi connectivity index (χ1v) is 11.4. The standard InChI is InChI=1S/C26H33F2O2/c1-2-3-4-5-6-16-29-23-13-10-20(11-14-23)19-30-24-9-7-8-21(17-24)25-15-12-22(27)18-26(25)28/h7-8,12,15,17-18,20,23H,2-6,10-11,13-14,16,19H2,1H3/t20-,23-. The third-order valence-corrected chi connectivity index (χ3v) is 5.89. The van der Waals surface area contributed by atoms with Gasteiger partial charge in [0.15, 0.2) is 0 Å². The highest BCUT2D eigenvalue weighted by Gasteiger charge is 2.22. The maximum atomic E-state index is 14.0. The summed E-state index contributed by atoms with van der Waals surface area (Å²) >= 11 is 0. The van der Waals surface area contributed by atoms with Crippen LogP contribution >= 0.6 is 0 Å². The van der Waals surface area contributed by atoms with Crippen molar-refractivity contribution < 1.29 is 18.3 Å². The summed E-state index contributed by atoms with van der Waals surface area (Å²) in [5, 5.41) is 0. The van der Waals surface area contributed by atoms with Gasteiger partial charge in [-0.2, -0.15) is 0 Å². The van der Waals surface area contributed by atoms with Crippen LogP contribution in [-0.2, 0) is 4.74 Å². The van der Waals surface area contributed by atoms with Gasteiger partial charge in [-0.25, -0.2) is 8.78 Å². The van der Waals surface area contributed by atoms with E-state index in [1.807, 2.05) is 0 Å². The predicted octanol–water partition coefficient (Wildman–Crippen LogP) is 7.36. The van der Waals surface area contributed by atoms with E-state index >= 15 is 0 Å². The minimum Gasteiger partial charge on any atom is -0.493 e. The van der Waals surface area contributed by atoms with Crippen LogP contribution in [-0.4, -0.2) is 19.3 Å². The van der Waals surface area contributed by atoms with Crippen LogP contribution in [0.5, 0.6) is 5.75 Å². The van der Waals surface area contributed by atoms with Gasteiger partial charge in [0, 0.05) is 24.3 Å². The lowest BCUT2D eigenvalue weighted by Crippen LogP contribution is -2.25. The summed E-state index contributed by atoms with van der Waals surface area (Å²) in [6, 6.07) is 11.9. The minimum absolute atomic E-state index is 0.364. The second-order valence-corrected chi connectivity index (χ2v) is 8.30. The van der Waals surface area contributed by atoms with Crippen molar-refractivity contribution in [2.45, 2.75) is 70.8 Å². The van der Waals surface area contributed by atoms with Crippen molar-refractivity contribution in [3.8, 4) is 16.9 Å². The van der Waals surface area contributed by atoms with Crippen LogP contribution in [0.25, 0.3) is 11.1 Å². The molecule has 0 N–H and O–H groups in total. The number of ether oxygens (including phenoxy) is 2. The number of hydrogen-bond donors (Lipinski definition) is 0. The fraction of sp³-hybridized carbons (Fsp3) is 0.538. The van der Waals surface area contributed by atoms with Crippen molar-refractivity contribution in [2.24, 2.45) is 5.92 Å². The normalized spacial score (nSPS) is 19.0. The first kappa shape index (κ1) is 22.7. The van der Waals surface area contributed by atoms with Gasteiger partial charge in [0.1, 0.15) is 17.4 Å². The van der Waals surface area contributed by atoms with Crippen LogP contribution in [0, 0.1) is 23.6 Å². The number of hydrogen-bond acceptors (Lipinski definition) is 2. The predicted molar refractivity (Wildman–Crippen MR) is 117 cm³/mol. The van der Waals surface area contributed by atoms with Crippen LogP contribution in [0.4, 0.5) is 8.78 Å². The Morgan fingerprint density at radius 2 is 1.77 bits per heavy atom. The number of halogens is 2. The summed E-state index contributed by atoms with van der Waals surface area (Å²) in [6.07, 6.45) is 11.1. The second-order valence-electron chi connectivity index (χ2n) is 8.30. The molecule has 0 unspecified atom stereocenters. The molecule has 163 valence electrons. The maximum Gasteiger partial charge on any atom is 0.133 e. The Labute approximate surface area is 179 Å². The monoisotopic (exact) mass is 415 g/mol. The zero-order valence-corrected chi connectivity index (χ0v) is 18.0. The van der Waals surface area contributed by atoms with Crippen LogP contribution in [0.2, 0.25) is 0 Å². The molecule has 0 aromatic heterocycles. The van der Waals surface area contributed by atoms with Gasteiger partial charge >= 0.3 is 0 Å². The third kappa shape index (κ3) is 7.09. The Balaban J connectivity index is 1.40. The van der Waals surface area contributed by atoms with Gasteiger partial charge in [-0.3, -0.25) is 0 Å². The molecule has 0 spiro atoms. The lowest BCUT2D eigenvalue weighted by Gasteiger charge is -2.28. The van der Waals surface area contributed by atoms with Gasteiger partial charge in [0.05, 0.1) is 12.7 Å². The molecule has 0 amide bonds. The molecule has 1 saturated carbocycles. The molecule has 0 saturated heterocycles. The minimum atomic E-state index is -0.578. The van der Waals surface area contributed by atoms with E-state index in [9.17, 15) is 8.78 Å². The molecular weight excluding hydrogens is 382 g/mol. The van der Waals surface area contributed by atoms with Crippen molar-refractivity contribution >= 4 is 0 Å².